The first-order valence-corrected chi connectivity index (χ1v) is 5.91. The van der Waals surface area contributed by atoms with E-state index in [4.69, 9.17) is 4.74 Å². The molecule has 86 valence electrons. The van der Waals surface area contributed by atoms with Gasteiger partial charge in [0.05, 0.1) is 0 Å². The Morgan fingerprint density at radius 2 is 2.00 bits per heavy atom. The van der Waals surface area contributed by atoms with E-state index >= 15 is 0 Å². The third-order valence-electron chi connectivity index (χ3n) is 3.49. The highest BCUT2D eigenvalue weighted by atomic mass is 16.6. The number of ether oxygens (including phenoxy) is 1. The molecule has 15 heavy (non-hydrogen) atoms. The summed E-state index contributed by atoms with van der Waals surface area (Å²) in [6, 6.07) is 0.368. The Hall–Kier alpha value is -0.730. The molecule has 0 unspecified atom stereocenters. The average molecular weight is 211 g/mol. The van der Waals surface area contributed by atoms with Crippen molar-refractivity contribution >= 4 is 6.09 Å². The number of carbonyl (C=O) groups is 1. The molecule has 1 atom stereocenters. The number of carbonyl (C=O) groups excluding carboxylic acids is 1. The molecule has 2 rings (SSSR count). The van der Waals surface area contributed by atoms with Crippen LogP contribution in [0.2, 0.25) is 0 Å². The predicted octanol–water partition coefficient (Wildman–Crippen LogP) is 2.84. The smallest absolute Gasteiger partial charge is 0.407 e. The van der Waals surface area contributed by atoms with Crippen molar-refractivity contribution < 1.29 is 9.53 Å². The van der Waals surface area contributed by atoms with E-state index < -0.39 is 0 Å². The standard InChI is InChI=1S/C12H21NO2/c1-11(2,3)15-10(14)13-9-5-4-6-12(9)7-8-12/h9H,4-8H2,1-3H3,(H,13,14)/t9-/m1/s1. The van der Waals surface area contributed by atoms with Gasteiger partial charge in [-0.1, -0.05) is 6.42 Å². The van der Waals surface area contributed by atoms with E-state index in [2.05, 4.69) is 5.32 Å². The first-order valence-electron chi connectivity index (χ1n) is 5.91. The molecule has 1 spiro atoms. The number of hydrogen-bond donors (Lipinski definition) is 1. The lowest BCUT2D eigenvalue weighted by Gasteiger charge is -2.24. The molecule has 0 bridgehead atoms. The lowest BCUT2D eigenvalue weighted by Crippen LogP contribution is -2.41. The zero-order valence-corrected chi connectivity index (χ0v) is 9.93. The van der Waals surface area contributed by atoms with Crippen molar-refractivity contribution in [3.63, 3.8) is 0 Å². The molecular weight excluding hydrogens is 190 g/mol. The van der Waals surface area contributed by atoms with Crippen LogP contribution in [0.5, 0.6) is 0 Å². The van der Waals surface area contributed by atoms with Gasteiger partial charge in [0.2, 0.25) is 0 Å². The van der Waals surface area contributed by atoms with Crippen molar-refractivity contribution in [1.82, 2.24) is 5.32 Å². The van der Waals surface area contributed by atoms with Gasteiger partial charge in [0.25, 0.3) is 0 Å². The number of nitrogens with one attached hydrogen (secondary N) is 1. The number of rotatable bonds is 1. The summed E-state index contributed by atoms with van der Waals surface area (Å²) in [6.07, 6.45) is 5.98. The van der Waals surface area contributed by atoms with E-state index in [1.54, 1.807) is 0 Å². The molecule has 2 aliphatic rings. The molecule has 1 amide bonds. The van der Waals surface area contributed by atoms with Crippen molar-refractivity contribution in [2.75, 3.05) is 0 Å². The zero-order valence-electron chi connectivity index (χ0n) is 9.93. The van der Waals surface area contributed by atoms with Crippen LogP contribution in [0.1, 0.15) is 52.9 Å². The van der Waals surface area contributed by atoms with Crippen LogP contribution < -0.4 is 5.32 Å². The second-order valence-electron chi connectivity index (χ2n) is 5.95. The SMILES string of the molecule is CC(C)(C)OC(=O)N[C@@H]1CCCC12CC2. The molecule has 2 fully saturated rings. The Morgan fingerprint density at radius 3 is 2.53 bits per heavy atom. The normalized spacial score (nSPS) is 27.8. The molecule has 0 aromatic heterocycles. The zero-order chi connectivity index (χ0) is 11.1. The topological polar surface area (TPSA) is 38.3 Å². The summed E-state index contributed by atoms with van der Waals surface area (Å²) in [7, 11) is 0. The summed E-state index contributed by atoms with van der Waals surface area (Å²) in [4.78, 5) is 11.6. The monoisotopic (exact) mass is 211 g/mol. The van der Waals surface area contributed by atoms with Gasteiger partial charge in [-0.05, 0) is 51.9 Å². The number of hydrogen-bond acceptors (Lipinski definition) is 2. The van der Waals surface area contributed by atoms with Gasteiger partial charge in [0, 0.05) is 6.04 Å². The van der Waals surface area contributed by atoms with Gasteiger partial charge in [0.1, 0.15) is 5.60 Å². The van der Waals surface area contributed by atoms with Gasteiger partial charge in [-0.3, -0.25) is 0 Å². The highest BCUT2D eigenvalue weighted by Crippen LogP contribution is 2.57. The van der Waals surface area contributed by atoms with Gasteiger partial charge >= 0.3 is 6.09 Å². The van der Waals surface area contributed by atoms with Gasteiger partial charge in [0.15, 0.2) is 0 Å². The Balaban J connectivity index is 1.84. The van der Waals surface area contributed by atoms with E-state index in [-0.39, 0.29) is 11.7 Å². The fourth-order valence-corrected chi connectivity index (χ4v) is 2.57. The van der Waals surface area contributed by atoms with E-state index in [1.165, 1.54) is 25.7 Å². The summed E-state index contributed by atoms with van der Waals surface area (Å²) in [5.74, 6) is 0. The number of amides is 1. The molecule has 2 aliphatic carbocycles. The van der Waals surface area contributed by atoms with Crippen LogP contribution in [0, 0.1) is 5.41 Å². The molecule has 0 heterocycles. The first kappa shape index (κ1) is 10.8. The molecule has 0 aromatic carbocycles. The Bertz CT molecular complexity index is 263. The Kier molecular flexibility index (Phi) is 2.44. The van der Waals surface area contributed by atoms with Crippen molar-refractivity contribution in [1.29, 1.82) is 0 Å². The van der Waals surface area contributed by atoms with Gasteiger partial charge in [-0.25, -0.2) is 4.79 Å². The maximum Gasteiger partial charge on any atom is 0.407 e. The predicted molar refractivity (Wildman–Crippen MR) is 58.7 cm³/mol. The maximum absolute atomic E-state index is 11.6. The minimum atomic E-state index is -0.389. The van der Waals surface area contributed by atoms with Crippen molar-refractivity contribution in [3.8, 4) is 0 Å². The molecule has 0 aliphatic heterocycles. The minimum absolute atomic E-state index is 0.249. The van der Waals surface area contributed by atoms with Gasteiger partial charge < -0.3 is 10.1 Å². The van der Waals surface area contributed by atoms with Crippen LogP contribution in [0.15, 0.2) is 0 Å². The molecule has 0 saturated heterocycles. The molecule has 2 saturated carbocycles. The molecular formula is C12H21NO2. The van der Waals surface area contributed by atoms with Crippen LogP contribution in [0.4, 0.5) is 4.79 Å². The summed E-state index contributed by atoms with van der Waals surface area (Å²) in [5.41, 5.74) is 0.0658. The summed E-state index contributed by atoms with van der Waals surface area (Å²) < 4.78 is 5.27. The summed E-state index contributed by atoms with van der Waals surface area (Å²) >= 11 is 0. The van der Waals surface area contributed by atoms with Crippen molar-refractivity contribution in [2.45, 2.75) is 64.5 Å². The van der Waals surface area contributed by atoms with Crippen LogP contribution in [0.3, 0.4) is 0 Å². The fraction of sp³-hybridized carbons (Fsp3) is 0.917. The second-order valence-corrected chi connectivity index (χ2v) is 5.95. The Labute approximate surface area is 91.6 Å². The molecule has 0 aromatic rings. The van der Waals surface area contributed by atoms with Crippen LogP contribution in [0.25, 0.3) is 0 Å². The van der Waals surface area contributed by atoms with E-state index in [1.807, 2.05) is 20.8 Å². The lowest BCUT2D eigenvalue weighted by atomic mass is 10.0. The van der Waals surface area contributed by atoms with Crippen LogP contribution in [-0.4, -0.2) is 17.7 Å². The van der Waals surface area contributed by atoms with E-state index in [0.29, 0.717) is 11.5 Å². The summed E-state index contributed by atoms with van der Waals surface area (Å²) in [5, 5.41) is 3.03. The second kappa shape index (κ2) is 3.39. The lowest BCUT2D eigenvalue weighted by molar-refractivity contribution is 0.0488. The largest absolute Gasteiger partial charge is 0.444 e. The van der Waals surface area contributed by atoms with Crippen molar-refractivity contribution in [3.05, 3.63) is 0 Å². The van der Waals surface area contributed by atoms with Crippen molar-refractivity contribution in [2.24, 2.45) is 5.41 Å². The molecule has 0 radical (unpaired) electrons. The highest BCUT2D eigenvalue weighted by Gasteiger charge is 2.52. The van der Waals surface area contributed by atoms with Crippen LogP contribution in [-0.2, 0) is 4.74 Å². The van der Waals surface area contributed by atoms with E-state index in [0.717, 1.165) is 6.42 Å². The fourth-order valence-electron chi connectivity index (χ4n) is 2.57. The molecule has 3 heteroatoms. The summed E-state index contributed by atoms with van der Waals surface area (Å²) in [6.45, 7) is 5.69. The van der Waals surface area contributed by atoms with Gasteiger partial charge in [-0.15, -0.1) is 0 Å². The molecule has 1 N–H and O–H groups in total. The molecule has 3 nitrogen and oxygen atoms in total. The maximum atomic E-state index is 11.6. The highest BCUT2D eigenvalue weighted by molar-refractivity contribution is 5.68. The quantitative estimate of drug-likeness (QED) is 0.724. The minimum Gasteiger partial charge on any atom is -0.444 e. The number of alkyl carbamates (subject to hydrolysis) is 1. The van der Waals surface area contributed by atoms with Gasteiger partial charge in [-0.2, -0.15) is 0 Å². The first-order chi connectivity index (χ1) is 6.91. The average Bonchev–Trinajstić information content (AvgIpc) is 2.70. The Morgan fingerprint density at radius 1 is 1.33 bits per heavy atom. The van der Waals surface area contributed by atoms with E-state index in [9.17, 15) is 4.79 Å². The third kappa shape index (κ3) is 2.44. The third-order valence-corrected chi connectivity index (χ3v) is 3.49. The van der Waals surface area contributed by atoms with Crippen LogP contribution >= 0.6 is 0 Å².